The monoisotopic (exact) mass is 569 g/mol. The van der Waals surface area contributed by atoms with Gasteiger partial charge in [0.2, 0.25) is 11.8 Å². The first-order chi connectivity index (χ1) is 19.7. The predicted molar refractivity (Wildman–Crippen MR) is 142 cm³/mol. The van der Waals surface area contributed by atoms with Gasteiger partial charge in [-0.15, -0.1) is 5.10 Å². The second-order valence-corrected chi connectivity index (χ2v) is 9.53. The molecular weight excluding hydrogens is 544 g/mol. The first kappa shape index (κ1) is 26.2. The number of hydrogen-bond donors (Lipinski definition) is 2. The molecule has 0 unspecified atom stereocenters. The minimum absolute atomic E-state index is 0.0683. The Morgan fingerprint density at radius 2 is 1.90 bits per heavy atom. The van der Waals surface area contributed by atoms with Crippen LogP contribution < -0.4 is 21.1 Å². The number of ether oxygens (including phenoxy) is 1. The fourth-order valence-corrected chi connectivity index (χ4v) is 4.97. The van der Waals surface area contributed by atoms with Gasteiger partial charge in [0, 0.05) is 58.4 Å². The number of hydrogen-bond acceptors (Lipinski definition) is 10. The number of imidazole rings is 1. The van der Waals surface area contributed by atoms with Gasteiger partial charge in [0.1, 0.15) is 11.3 Å². The summed E-state index contributed by atoms with van der Waals surface area (Å²) in [7, 11) is 1.63. The molecule has 14 nitrogen and oxygen atoms in total. The quantitative estimate of drug-likeness (QED) is 0.276. The predicted octanol–water partition coefficient (Wildman–Crippen LogP) is 1.18. The molecule has 41 heavy (non-hydrogen) atoms. The van der Waals surface area contributed by atoms with Crippen LogP contribution >= 0.6 is 0 Å². The van der Waals surface area contributed by atoms with Gasteiger partial charge in [-0.25, -0.2) is 23.4 Å². The molecule has 3 N–H and O–H groups in total. The number of rotatable bonds is 8. The first-order valence-electron chi connectivity index (χ1n) is 12.7. The molecule has 0 atom stereocenters. The lowest BCUT2D eigenvalue weighted by Gasteiger charge is -2.36. The first-order valence-corrected chi connectivity index (χ1v) is 12.7. The second-order valence-electron chi connectivity index (χ2n) is 9.53. The van der Waals surface area contributed by atoms with Crippen molar-refractivity contribution in [3.05, 3.63) is 52.6 Å². The van der Waals surface area contributed by atoms with Gasteiger partial charge in [0.05, 0.1) is 12.0 Å². The van der Waals surface area contributed by atoms with Crippen molar-refractivity contribution in [2.75, 3.05) is 50.0 Å². The van der Waals surface area contributed by atoms with Crippen molar-refractivity contribution in [1.82, 2.24) is 33.6 Å². The number of nitrogens with zero attached hydrogens (tertiary/aromatic N) is 8. The number of fused-ring (bicyclic) bond motifs is 3. The van der Waals surface area contributed by atoms with E-state index in [1.165, 1.54) is 26.0 Å². The van der Waals surface area contributed by atoms with Gasteiger partial charge in [0.15, 0.2) is 35.2 Å². The van der Waals surface area contributed by atoms with E-state index in [2.05, 4.69) is 20.0 Å². The van der Waals surface area contributed by atoms with Crippen molar-refractivity contribution in [3.8, 4) is 17.3 Å². The highest BCUT2D eigenvalue weighted by atomic mass is 19.1. The van der Waals surface area contributed by atoms with E-state index in [-0.39, 0.29) is 23.1 Å². The minimum Gasteiger partial charge on any atom is -0.479 e. The number of carbonyl (C=O) groups is 1. The molecule has 1 fully saturated rings. The van der Waals surface area contributed by atoms with Crippen LogP contribution in [0.3, 0.4) is 0 Å². The van der Waals surface area contributed by atoms with E-state index < -0.39 is 24.2 Å². The number of nitrogen functional groups attached to an aromatic ring is 1. The van der Waals surface area contributed by atoms with Crippen LogP contribution in [-0.4, -0.2) is 84.0 Å². The van der Waals surface area contributed by atoms with E-state index in [1.54, 1.807) is 24.1 Å². The molecule has 1 aliphatic rings. The van der Waals surface area contributed by atoms with Crippen LogP contribution in [0.4, 0.5) is 20.4 Å². The van der Waals surface area contributed by atoms with E-state index >= 15 is 0 Å². The van der Waals surface area contributed by atoms with E-state index in [1.807, 2.05) is 0 Å². The topological polar surface area (TPSA) is 162 Å². The van der Waals surface area contributed by atoms with Gasteiger partial charge < -0.3 is 24.9 Å². The van der Waals surface area contributed by atoms with Crippen molar-refractivity contribution in [2.24, 2.45) is 7.05 Å². The fraction of sp³-hybridized carbons (Fsp3) is 0.320. The Bertz CT molecular complexity index is 1820. The van der Waals surface area contributed by atoms with Crippen molar-refractivity contribution >= 4 is 34.4 Å². The van der Waals surface area contributed by atoms with E-state index in [9.17, 15) is 18.4 Å². The number of aromatic nitrogens is 6. The third kappa shape index (κ3) is 4.71. The summed E-state index contributed by atoms with van der Waals surface area (Å²) in [6.07, 6.45) is 1.51. The Kier molecular flexibility index (Phi) is 6.53. The zero-order chi connectivity index (χ0) is 28.8. The van der Waals surface area contributed by atoms with Crippen molar-refractivity contribution in [2.45, 2.75) is 6.54 Å². The Morgan fingerprint density at radius 1 is 1.12 bits per heavy atom. The molecule has 0 aliphatic carbocycles. The molecule has 214 valence electrons. The van der Waals surface area contributed by atoms with Gasteiger partial charge in [-0.3, -0.25) is 14.0 Å². The summed E-state index contributed by atoms with van der Waals surface area (Å²) in [6.45, 7) is 2.01. The molecule has 6 rings (SSSR count). The number of benzene rings is 1. The average molecular weight is 570 g/mol. The number of nitrogens with two attached hydrogens (primary N) is 1. The average Bonchev–Trinajstić information content (AvgIpc) is 3.68. The zero-order valence-electron chi connectivity index (χ0n) is 21.8. The highest BCUT2D eigenvalue weighted by molar-refractivity contribution is 5.88. The molecule has 5 aromatic rings. The maximum Gasteiger partial charge on any atom is 0.341 e. The zero-order valence-corrected chi connectivity index (χ0v) is 21.8. The van der Waals surface area contributed by atoms with E-state index in [4.69, 9.17) is 20.0 Å². The second kappa shape index (κ2) is 10.2. The van der Waals surface area contributed by atoms with Gasteiger partial charge in [-0.05, 0) is 12.1 Å². The van der Waals surface area contributed by atoms with Gasteiger partial charge in [-0.2, -0.15) is 9.50 Å². The summed E-state index contributed by atoms with van der Waals surface area (Å²) in [6, 6.07) is 5.30. The number of carboxylic acid groups (broad SMARTS) is 1. The van der Waals surface area contributed by atoms with E-state index in [0.717, 1.165) is 0 Å². The summed E-state index contributed by atoms with van der Waals surface area (Å²) in [5.74, 6) is -2.50. The minimum atomic E-state index is -1.27. The number of carboxylic acids is 1. The molecule has 5 heterocycles. The summed E-state index contributed by atoms with van der Waals surface area (Å²) < 4.78 is 43.3. The largest absolute Gasteiger partial charge is 0.479 e. The Hall–Kier alpha value is -4.99. The van der Waals surface area contributed by atoms with Crippen LogP contribution in [-0.2, 0) is 18.4 Å². The van der Waals surface area contributed by atoms with Gasteiger partial charge >= 0.3 is 11.7 Å². The molecule has 1 saturated heterocycles. The number of anilines is 2. The lowest BCUT2D eigenvalue weighted by atomic mass is 10.2. The molecule has 0 spiro atoms. The van der Waals surface area contributed by atoms with Crippen LogP contribution in [0.1, 0.15) is 0 Å². The van der Waals surface area contributed by atoms with Crippen LogP contribution in [0.5, 0.6) is 5.75 Å². The molecule has 0 amide bonds. The molecule has 0 radical (unpaired) electrons. The Morgan fingerprint density at radius 3 is 2.61 bits per heavy atom. The Balaban J connectivity index is 1.18. The van der Waals surface area contributed by atoms with Crippen molar-refractivity contribution in [3.63, 3.8) is 0 Å². The highest BCUT2D eigenvalue weighted by Crippen LogP contribution is 2.29. The number of aliphatic carboxylic acids is 1. The van der Waals surface area contributed by atoms with E-state index in [0.29, 0.717) is 73.7 Å². The molecule has 1 aromatic carbocycles. The van der Waals surface area contributed by atoms with Gasteiger partial charge in [0.25, 0.3) is 0 Å². The summed E-state index contributed by atoms with van der Waals surface area (Å²) in [5.41, 5.74) is 7.25. The van der Waals surface area contributed by atoms with Crippen LogP contribution in [0, 0.1) is 11.6 Å². The lowest BCUT2D eigenvalue weighted by molar-refractivity contribution is -0.139. The van der Waals surface area contributed by atoms with Gasteiger partial charge in [-0.1, -0.05) is 0 Å². The van der Waals surface area contributed by atoms with Crippen molar-refractivity contribution < 1.29 is 27.8 Å². The summed E-state index contributed by atoms with van der Waals surface area (Å²) >= 11 is 0. The number of furan rings is 1. The van der Waals surface area contributed by atoms with Crippen LogP contribution in [0.15, 0.2) is 39.7 Å². The maximum atomic E-state index is 14.6. The normalized spacial score (nSPS) is 14.4. The number of halogens is 2. The highest BCUT2D eigenvalue weighted by Gasteiger charge is 2.24. The lowest BCUT2D eigenvalue weighted by Crippen LogP contribution is -2.47. The maximum absolute atomic E-state index is 14.6. The van der Waals surface area contributed by atoms with Crippen LogP contribution in [0.2, 0.25) is 0 Å². The molecule has 0 saturated carbocycles. The molecule has 4 aromatic heterocycles. The van der Waals surface area contributed by atoms with Crippen LogP contribution in [0.25, 0.3) is 28.4 Å². The third-order valence-electron chi connectivity index (χ3n) is 7.02. The number of aryl methyl sites for hydroxylation is 1. The standard InChI is InChI=1S/C25H25F2N9O5/c1-32-20-22(30-24(28)36-23(20)29-21(31-36)17-3-2-10-40-17)35(25(32)39)9-6-33-4-7-34(8-5-33)16-12-18(41-13-19(37)38)15(27)11-14(16)26/h2-3,10-12H,4-9,13H2,1H3,(H2,28,30)(H,37,38). The Labute approximate surface area is 229 Å². The molecule has 1 aliphatic heterocycles. The SMILES string of the molecule is Cn1c(=O)n(CCN2CCN(c3cc(OCC(=O)O)c(F)cc3F)CC2)c2nc(N)n3nc(-c4ccco4)nc3c21. The summed E-state index contributed by atoms with van der Waals surface area (Å²) in [4.78, 5) is 36.8. The van der Waals surface area contributed by atoms with Crippen molar-refractivity contribution in [1.29, 1.82) is 0 Å². The fourth-order valence-electron chi connectivity index (χ4n) is 4.97. The smallest absolute Gasteiger partial charge is 0.341 e. The number of piperazine rings is 1. The third-order valence-corrected chi connectivity index (χ3v) is 7.02. The molecule has 0 bridgehead atoms. The molecular formula is C25H25F2N9O5. The molecule has 16 heteroatoms. The summed E-state index contributed by atoms with van der Waals surface area (Å²) in [5, 5.41) is 13.2.